The van der Waals surface area contributed by atoms with Crippen LogP contribution in [0.3, 0.4) is 0 Å². The lowest BCUT2D eigenvalue weighted by Gasteiger charge is -2.20. The van der Waals surface area contributed by atoms with E-state index in [2.05, 4.69) is 48.7 Å². The number of hydrazone groups is 1. The summed E-state index contributed by atoms with van der Waals surface area (Å²) in [5.74, 6) is 0.541. The van der Waals surface area contributed by atoms with Crippen LogP contribution in [0.25, 0.3) is 11.0 Å². The lowest BCUT2D eigenvalue weighted by atomic mass is 10.2. The Kier molecular flexibility index (Phi) is 6.04. The van der Waals surface area contributed by atoms with E-state index in [1.807, 2.05) is 24.3 Å². The Balaban J connectivity index is 1.33. The molecule has 33 heavy (non-hydrogen) atoms. The van der Waals surface area contributed by atoms with Crippen LogP contribution in [0.2, 0.25) is 0 Å². The number of anilines is 3. The van der Waals surface area contributed by atoms with Gasteiger partial charge in [-0.2, -0.15) is 13.8 Å². The van der Waals surface area contributed by atoms with Gasteiger partial charge in [-0.25, -0.2) is 4.98 Å². The highest BCUT2D eigenvalue weighted by molar-refractivity contribution is 8.16. The summed E-state index contributed by atoms with van der Waals surface area (Å²) in [5, 5.41) is 21.0. The summed E-state index contributed by atoms with van der Waals surface area (Å²) >= 11 is 2.56. The summed E-state index contributed by atoms with van der Waals surface area (Å²) in [5.41, 5.74) is 7.47. The largest absolute Gasteiger partial charge is 0.391 e. The summed E-state index contributed by atoms with van der Waals surface area (Å²) < 4.78 is 8.52. The van der Waals surface area contributed by atoms with Crippen molar-refractivity contribution in [1.82, 2.24) is 24.1 Å². The van der Waals surface area contributed by atoms with Crippen LogP contribution in [0.1, 0.15) is 31.2 Å². The normalized spacial score (nSPS) is 20.2. The molecule has 1 unspecified atom stereocenters. The molecule has 0 bridgehead atoms. The number of pyridine rings is 1. The molecule has 3 aromatic rings. The van der Waals surface area contributed by atoms with Crippen LogP contribution in [0, 0.1) is 0 Å². The van der Waals surface area contributed by atoms with Gasteiger partial charge in [-0.1, -0.05) is 11.8 Å². The van der Waals surface area contributed by atoms with Crippen molar-refractivity contribution in [3.63, 3.8) is 0 Å². The fourth-order valence-corrected chi connectivity index (χ4v) is 5.26. The summed E-state index contributed by atoms with van der Waals surface area (Å²) in [6.45, 7) is 5.04. The van der Waals surface area contributed by atoms with E-state index < -0.39 is 6.10 Å². The maximum absolute atomic E-state index is 12.7. The van der Waals surface area contributed by atoms with Gasteiger partial charge < -0.3 is 20.6 Å². The number of aliphatic hydroxyl groups excluding tert-OH is 1. The van der Waals surface area contributed by atoms with E-state index in [-0.39, 0.29) is 17.3 Å². The summed E-state index contributed by atoms with van der Waals surface area (Å²) in [6.07, 6.45) is 1.94. The Morgan fingerprint density at radius 2 is 2.12 bits per heavy atom. The van der Waals surface area contributed by atoms with Crippen molar-refractivity contribution in [3.8, 4) is 0 Å². The first kappa shape index (κ1) is 21.9. The third kappa shape index (κ3) is 4.72. The lowest BCUT2D eigenvalue weighted by Crippen LogP contribution is -2.33. The number of aromatic nitrogens is 3. The highest BCUT2D eigenvalue weighted by Crippen LogP contribution is 2.37. The quantitative estimate of drug-likeness (QED) is 0.417. The topological polar surface area (TPSA) is 128 Å². The molecule has 2 aliphatic rings. The fraction of sp³-hybridized carbons (Fsp3) is 0.381. The van der Waals surface area contributed by atoms with Gasteiger partial charge in [0.05, 0.1) is 17.8 Å². The minimum Gasteiger partial charge on any atom is -0.391 e. The predicted octanol–water partition coefficient (Wildman–Crippen LogP) is 2.89. The second-order valence-corrected chi connectivity index (χ2v) is 9.91. The van der Waals surface area contributed by atoms with Gasteiger partial charge in [0.25, 0.3) is 5.91 Å². The molecule has 0 aliphatic carbocycles. The van der Waals surface area contributed by atoms with Crippen molar-refractivity contribution < 1.29 is 9.90 Å². The number of thioether (sulfide) groups is 1. The summed E-state index contributed by atoms with van der Waals surface area (Å²) in [7, 11) is 0. The molecule has 172 valence electrons. The van der Waals surface area contributed by atoms with Crippen molar-refractivity contribution >= 4 is 62.7 Å². The molecule has 1 saturated heterocycles. The van der Waals surface area contributed by atoms with Gasteiger partial charge in [0.15, 0.2) is 5.04 Å². The van der Waals surface area contributed by atoms with Crippen molar-refractivity contribution in [2.75, 3.05) is 23.7 Å². The smallest absolute Gasteiger partial charge is 0.281 e. The number of fused-ring (bicyclic) bond motifs is 1. The molecule has 12 heteroatoms. The van der Waals surface area contributed by atoms with Crippen LogP contribution in [-0.4, -0.2) is 59.9 Å². The lowest BCUT2D eigenvalue weighted by molar-refractivity contribution is -0.123. The highest BCUT2D eigenvalue weighted by atomic mass is 32.2. The molecule has 1 fully saturated rings. The zero-order chi connectivity index (χ0) is 22.9. The highest BCUT2D eigenvalue weighted by Gasteiger charge is 2.33. The zero-order valence-corrected chi connectivity index (χ0v) is 19.8. The Labute approximate surface area is 199 Å². The van der Waals surface area contributed by atoms with Crippen LogP contribution in [0.5, 0.6) is 0 Å². The summed E-state index contributed by atoms with van der Waals surface area (Å²) in [6, 6.07) is 7.98. The third-order valence-electron chi connectivity index (χ3n) is 5.33. The molecule has 2 aliphatic heterocycles. The van der Waals surface area contributed by atoms with Crippen LogP contribution in [0.15, 0.2) is 35.6 Å². The average Bonchev–Trinajstić information content (AvgIpc) is 3.53. The standard InChI is InChI=1S/C21H24N8O2S2/c1-11(2)23-16-8-18(24-12-3-4-15-17(7-12)28-33-27-15)22-9-14(16)19-25-26-20(32-19)21(31)29-6-5-13(30)10-29/h3-4,7-9,11,13,19,25,30H,5-6,10H2,1-2H3,(H2,22,23,24)/t13-,19?/m0/s1. The van der Waals surface area contributed by atoms with Crippen LogP contribution >= 0.6 is 23.5 Å². The SMILES string of the molecule is CC(C)Nc1cc(Nc2ccc3nsnc3c2)ncc1C1NN=C(C(=O)N2CC[C@H](O)C2)S1. The first-order valence-corrected chi connectivity index (χ1v) is 12.3. The minimum atomic E-state index is -0.455. The second kappa shape index (κ2) is 9.12. The molecule has 0 radical (unpaired) electrons. The van der Waals surface area contributed by atoms with Crippen molar-refractivity contribution in [2.45, 2.75) is 37.8 Å². The molecule has 1 aromatic carbocycles. The molecule has 1 amide bonds. The van der Waals surface area contributed by atoms with E-state index in [4.69, 9.17) is 0 Å². The number of rotatable bonds is 6. The molecule has 4 heterocycles. The first-order valence-electron chi connectivity index (χ1n) is 10.7. The van der Waals surface area contributed by atoms with Crippen LogP contribution in [-0.2, 0) is 4.79 Å². The average molecular weight is 485 g/mol. The number of hydrogen-bond acceptors (Lipinski definition) is 11. The summed E-state index contributed by atoms with van der Waals surface area (Å²) in [4.78, 5) is 19.0. The number of carbonyl (C=O) groups excluding carboxylic acids is 1. The Bertz CT molecular complexity index is 1210. The number of aliphatic hydroxyl groups is 1. The minimum absolute atomic E-state index is 0.150. The number of amides is 1. The molecule has 2 atom stereocenters. The van der Waals surface area contributed by atoms with Gasteiger partial charge in [-0.3, -0.25) is 10.2 Å². The van der Waals surface area contributed by atoms with Crippen molar-refractivity contribution in [2.24, 2.45) is 5.10 Å². The Morgan fingerprint density at radius 1 is 1.27 bits per heavy atom. The number of nitrogens with one attached hydrogen (secondary N) is 3. The van der Waals surface area contributed by atoms with E-state index in [1.165, 1.54) is 23.5 Å². The number of likely N-dealkylation sites (tertiary alicyclic amines) is 1. The molecule has 5 rings (SSSR count). The number of hydrogen-bond donors (Lipinski definition) is 4. The van der Waals surface area contributed by atoms with E-state index in [0.717, 1.165) is 28.0 Å². The molecule has 10 nitrogen and oxygen atoms in total. The molecule has 4 N–H and O–H groups in total. The van der Waals surface area contributed by atoms with Gasteiger partial charge >= 0.3 is 0 Å². The third-order valence-corrected chi connectivity index (χ3v) is 6.97. The van der Waals surface area contributed by atoms with Gasteiger partial charge in [0.1, 0.15) is 22.2 Å². The monoisotopic (exact) mass is 484 g/mol. The van der Waals surface area contributed by atoms with Gasteiger partial charge in [0, 0.05) is 48.3 Å². The Hall–Kier alpha value is -2.96. The van der Waals surface area contributed by atoms with Crippen molar-refractivity contribution in [3.05, 3.63) is 36.0 Å². The van der Waals surface area contributed by atoms with Crippen molar-refractivity contribution in [1.29, 1.82) is 0 Å². The van der Waals surface area contributed by atoms with E-state index in [0.29, 0.717) is 30.4 Å². The van der Waals surface area contributed by atoms with E-state index in [1.54, 1.807) is 11.1 Å². The molecular formula is C21H24N8O2S2. The van der Waals surface area contributed by atoms with Gasteiger partial charge in [0.2, 0.25) is 0 Å². The number of β-amino-alcohol motifs (C(OH)–C–C–N with tert-alkyl or cyclic N) is 1. The zero-order valence-electron chi connectivity index (χ0n) is 18.1. The second-order valence-electron chi connectivity index (χ2n) is 8.29. The van der Waals surface area contributed by atoms with Crippen LogP contribution in [0.4, 0.5) is 17.2 Å². The maximum Gasteiger partial charge on any atom is 0.281 e. The Morgan fingerprint density at radius 3 is 2.91 bits per heavy atom. The van der Waals surface area contributed by atoms with E-state index in [9.17, 15) is 9.90 Å². The first-order chi connectivity index (χ1) is 16.0. The molecular weight excluding hydrogens is 460 g/mol. The number of benzene rings is 1. The van der Waals surface area contributed by atoms with Gasteiger partial charge in [-0.05, 0) is 38.5 Å². The van der Waals surface area contributed by atoms with E-state index >= 15 is 0 Å². The maximum atomic E-state index is 12.7. The van der Waals surface area contributed by atoms with Crippen LogP contribution < -0.4 is 16.1 Å². The number of nitrogens with zero attached hydrogens (tertiary/aromatic N) is 5. The van der Waals surface area contributed by atoms with Gasteiger partial charge in [-0.15, -0.1) is 0 Å². The molecule has 2 aromatic heterocycles. The molecule has 0 saturated carbocycles. The fourth-order valence-electron chi connectivity index (χ4n) is 3.76. The predicted molar refractivity (Wildman–Crippen MR) is 132 cm³/mol. The molecule has 0 spiro atoms. The number of carbonyl (C=O) groups is 1.